The molecule has 0 spiro atoms. The van der Waals surface area contributed by atoms with Crippen LogP contribution >= 0.6 is 0 Å². The highest BCUT2D eigenvalue weighted by Gasteiger charge is 2.29. The zero-order valence-electron chi connectivity index (χ0n) is 17.6. The van der Waals surface area contributed by atoms with Gasteiger partial charge < -0.3 is 10.2 Å². The quantitative estimate of drug-likeness (QED) is 0.848. The lowest BCUT2D eigenvalue weighted by Gasteiger charge is -2.32. The van der Waals surface area contributed by atoms with E-state index in [9.17, 15) is 9.59 Å². The minimum absolute atomic E-state index is 0.00475. The van der Waals surface area contributed by atoms with Gasteiger partial charge in [0.2, 0.25) is 11.8 Å². The second kappa shape index (κ2) is 8.29. The number of pyridine rings is 1. The Labute approximate surface area is 167 Å². The Morgan fingerprint density at radius 1 is 1.11 bits per heavy atom. The minimum atomic E-state index is -0.0662. The van der Waals surface area contributed by atoms with Crippen LogP contribution in [0.2, 0.25) is 0 Å². The molecule has 1 aromatic heterocycles. The number of carbonyl (C=O) groups excluding carboxylic acids is 2. The number of hydrogen-bond acceptors (Lipinski definition) is 3. The molecule has 1 aromatic carbocycles. The van der Waals surface area contributed by atoms with Gasteiger partial charge in [0.05, 0.1) is 11.2 Å². The molecule has 28 heavy (non-hydrogen) atoms. The maximum atomic E-state index is 13.1. The molecule has 1 aliphatic rings. The summed E-state index contributed by atoms with van der Waals surface area (Å²) in [7, 11) is 0. The fraction of sp³-hybridized carbons (Fsp3) is 0.522. The van der Waals surface area contributed by atoms with Crippen molar-refractivity contribution in [1.29, 1.82) is 0 Å². The first-order chi connectivity index (χ1) is 13.3. The third kappa shape index (κ3) is 4.03. The van der Waals surface area contributed by atoms with Crippen molar-refractivity contribution in [3.8, 4) is 0 Å². The molecule has 5 heteroatoms. The number of amides is 2. The molecule has 1 fully saturated rings. The number of nitrogens with one attached hydrogen (secondary N) is 1. The van der Waals surface area contributed by atoms with E-state index in [1.54, 1.807) is 0 Å². The smallest absolute Gasteiger partial charge is 0.227 e. The van der Waals surface area contributed by atoms with Gasteiger partial charge in [0.15, 0.2) is 0 Å². The van der Waals surface area contributed by atoms with Crippen molar-refractivity contribution in [3.63, 3.8) is 0 Å². The van der Waals surface area contributed by atoms with Crippen LogP contribution in [0.3, 0.4) is 0 Å². The van der Waals surface area contributed by atoms with E-state index in [0.717, 1.165) is 27.8 Å². The van der Waals surface area contributed by atoms with Gasteiger partial charge in [-0.25, -0.2) is 0 Å². The van der Waals surface area contributed by atoms with Crippen LogP contribution in [0.1, 0.15) is 57.7 Å². The largest absolute Gasteiger partial charge is 0.342 e. The van der Waals surface area contributed by atoms with Crippen LogP contribution in [-0.2, 0) is 9.59 Å². The van der Waals surface area contributed by atoms with Gasteiger partial charge in [-0.15, -0.1) is 0 Å². The van der Waals surface area contributed by atoms with E-state index in [2.05, 4.69) is 19.2 Å². The van der Waals surface area contributed by atoms with E-state index in [0.29, 0.717) is 25.9 Å². The first-order valence-electron chi connectivity index (χ1n) is 10.3. The van der Waals surface area contributed by atoms with Gasteiger partial charge in [0.1, 0.15) is 0 Å². The highest BCUT2D eigenvalue weighted by Crippen LogP contribution is 2.34. The predicted octanol–water partition coefficient (Wildman–Crippen LogP) is 4.50. The molecular formula is C23H31N3O2. The second-order valence-corrected chi connectivity index (χ2v) is 8.40. The van der Waals surface area contributed by atoms with Crippen molar-refractivity contribution >= 4 is 28.4 Å². The highest BCUT2D eigenvalue weighted by atomic mass is 16.2. The molecular weight excluding hydrogens is 350 g/mol. The summed E-state index contributed by atoms with van der Waals surface area (Å²) in [5.41, 5.74) is 3.85. The van der Waals surface area contributed by atoms with Crippen LogP contribution < -0.4 is 5.32 Å². The van der Waals surface area contributed by atoms with E-state index >= 15 is 0 Å². The number of fused-ring (bicyclic) bond motifs is 1. The normalized spacial score (nSPS) is 15.5. The van der Waals surface area contributed by atoms with Crippen molar-refractivity contribution < 1.29 is 9.59 Å². The molecule has 0 atom stereocenters. The summed E-state index contributed by atoms with van der Waals surface area (Å²) in [4.78, 5) is 31.9. The number of carbonyl (C=O) groups is 2. The molecule has 5 nitrogen and oxygen atoms in total. The summed E-state index contributed by atoms with van der Waals surface area (Å²) >= 11 is 0. The zero-order chi connectivity index (χ0) is 20.4. The maximum absolute atomic E-state index is 13.1. The summed E-state index contributed by atoms with van der Waals surface area (Å²) in [6.07, 6.45) is 1.42. The van der Waals surface area contributed by atoms with Crippen LogP contribution in [0.4, 0.5) is 5.69 Å². The van der Waals surface area contributed by atoms with Gasteiger partial charge in [-0.1, -0.05) is 45.9 Å². The standard InChI is InChI=1S/C23H31N3O2/c1-14(2)20-16(5)24-19-9-7-6-8-18(19)21(20)25-22(27)17-10-12-26(13-11-17)23(28)15(3)4/h6-9,14-15,17H,10-13H2,1-5H3,(H,24,25,27). The average molecular weight is 382 g/mol. The molecule has 3 rings (SSSR count). The van der Waals surface area contributed by atoms with Gasteiger partial charge in [0, 0.05) is 41.6 Å². The number of rotatable bonds is 4. The van der Waals surface area contributed by atoms with Crippen molar-refractivity contribution in [2.45, 2.75) is 53.4 Å². The van der Waals surface area contributed by atoms with Crippen LogP contribution in [0.25, 0.3) is 10.9 Å². The van der Waals surface area contributed by atoms with Gasteiger partial charge in [-0.2, -0.15) is 0 Å². The lowest BCUT2D eigenvalue weighted by Crippen LogP contribution is -2.43. The lowest BCUT2D eigenvalue weighted by atomic mass is 9.93. The van der Waals surface area contributed by atoms with E-state index in [4.69, 9.17) is 4.98 Å². The number of aryl methyl sites for hydroxylation is 1. The molecule has 0 aliphatic carbocycles. The highest BCUT2D eigenvalue weighted by molar-refractivity contribution is 6.03. The van der Waals surface area contributed by atoms with E-state index in [-0.39, 0.29) is 29.6 Å². The number of anilines is 1. The Morgan fingerprint density at radius 3 is 2.36 bits per heavy atom. The molecule has 0 radical (unpaired) electrons. The molecule has 1 N–H and O–H groups in total. The minimum Gasteiger partial charge on any atom is -0.342 e. The molecule has 150 valence electrons. The van der Waals surface area contributed by atoms with Crippen molar-refractivity contribution in [1.82, 2.24) is 9.88 Å². The van der Waals surface area contributed by atoms with Crippen molar-refractivity contribution in [2.75, 3.05) is 18.4 Å². The van der Waals surface area contributed by atoms with E-state index in [1.165, 1.54) is 0 Å². The van der Waals surface area contributed by atoms with Crippen LogP contribution in [0.5, 0.6) is 0 Å². The van der Waals surface area contributed by atoms with Crippen molar-refractivity contribution in [2.24, 2.45) is 11.8 Å². The Hall–Kier alpha value is -2.43. The Balaban J connectivity index is 1.82. The number of para-hydroxylation sites is 1. The number of piperidine rings is 1. The SMILES string of the molecule is Cc1nc2ccccc2c(NC(=O)C2CCN(C(=O)C(C)C)CC2)c1C(C)C. The molecule has 2 amide bonds. The van der Waals surface area contributed by atoms with E-state index in [1.807, 2.05) is 49.9 Å². The van der Waals surface area contributed by atoms with Crippen LogP contribution in [-0.4, -0.2) is 34.8 Å². The van der Waals surface area contributed by atoms with Crippen LogP contribution in [0, 0.1) is 18.8 Å². The van der Waals surface area contributed by atoms with Gasteiger partial charge in [-0.3, -0.25) is 14.6 Å². The fourth-order valence-electron chi connectivity index (χ4n) is 4.14. The summed E-state index contributed by atoms with van der Waals surface area (Å²) in [6, 6.07) is 7.96. The predicted molar refractivity (Wildman–Crippen MR) is 113 cm³/mol. The molecule has 0 bridgehead atoms. The first kappa shape index (κ1) is 20.3. The van der Waals surface area contributed by atoms with Gasteiger partial charge in [-0.05, 0) is 31.7 Å². The van der Waals surface area contributed by atoms with E-state index < -0.39 is 0 Å². The second-order valence-electron chi connectivity index (χ2n) is 8.40. The number of nitrogens with zero attached hydrogens (tertiary/aromatic N) is 2. The third-order valence-electron chi connectivity index (χ3n) is 5.62. The van der Waals surface area contributed by atoms with Crippen molar-refractivity contribution in [3.05, 3.63) is 35.5 Å². The number of benzene rings is 1. The topological polar surface area (TPSA) is 62.3 Å². The third-order valence-corrected chi connectivity index (χ3v) is 5.62. The van der Waals surface area contributed by atoms with Crippen LogP contribution in [0.15, 0.2) is 24.3 Å². The van der Waals surface area contributed by atoms with Gasteiger partial charge in [0.25, 0.3) is 0 Å². The maximum Gasteiger partial charge on any atom is 0.227 e. The number of hydrogen-bond donors (Lipinski definition) is 1. The Kier molecular flexibility index (Phi) is 6.01. The fourth-order valence-corrected chi connectivity index (χ4v) is 4.14. The Bertz CT molecular complexity index is 881. The first-order valence-corrected chi connectivity index (χ1v) is 10.3. The molecule has 2 aromatic rings. The summed E-state index contributed by atoms with van der Waals surface area (Å²) < 4.78 is 0. The molecule has 1 aliphatic heterocycles. The molecule has 1 saturated heterocycles. The molecule has 0 unspecified atom stereocenters. The summed E-state index contributed by atoms with van der Waals surface area (Å²) in [5, 5.41) is 4.21. The summed E-state index contributed by atoms with van der Waals surface area (Å²) in [6.45, 7) is 11.4. The molecule has 0 saturated carbocycles. The molecule has 2 heterocycles. The summed E-state index contributed by atoms with van der Waals surface area (Å²) in [5.74, 6) is 0.428. The lowest BCUT2D eigenvalue weighted by molar-refractivity contribution is -0.137. The zero-order valence-corrected chi connectivity index (χ0v) is 17.6. The monoisotopic (exact) mass is 381 g/mol. The average Bonchev–Trinajstić information content (AvgIpc) is 2.67. The number of likely N-dealkylation sites (tertiary alicyclic amines) is 1. The Morgan fingerprint density at radius 2 is 1.75 bits per heavy atom. The number of aromatic nitrogens is 1. The van der Waals surface area contributed by atoms with Gasteiger partial charge >= 0.3 is 0 Å².